The third-order valence-corrected chi connectivity index (χ3v) is 4.23. The molecule has 5 heteroatoms. The standard InChI is InChI=1S/C20H18N4O/c25-19(12-14-4-2-1-3-5-14)24-20-22-11-9-18(23-20)15-6-7-17-16(13-15)8-10-21-17/h1-7,9,11,13,21H,8,10,12H2,(H,22,23,24,25). The number of carbonyl (C=O) groups is 1. The van der Waals surface area contributed by atoms with E-state index in [0.29, 0.717) is 12.4 Å². The van der Waals surface area contributed by atoms with E-state index >= 15 is 0 Å². The van der Waals surface area contributed by atoms with Crippen LogP contribution in [-0.2, 0) is 17.6 Å². The minimum atomic E-state index is -0.124. The first kappa shape index (κ1) is 15.3. The molecule has 0 aliphatic carbocycles. The molecule has 3 aromatic rings. The first-order valence-electron chi connectivity index (χ1n) is 8.32. The van der Waals surface area contributed by atoms with Gasteiger partial charge in [0.2, 0.25) is 11.9 Å². The topological polar surface area (TPSA) is 66.9 Å². The lowest BCUT2D eigenvalue weighted by Gasteiger charge is -2.07. The van der Waals surface area contributed by atoms with E-state index in [0.717, 1.165) is 29.8 Å². The van der Waals surface area contributed by atoms with Crippen molar-refractivity contribution in [2.24, 2.45) is 0 Å². The minimum Gasteiger partial charge on any atom is -0.384 e. The van der Waals surface area contributed by atoms with E-state index in [-0.39, 0.29) is 5.91 Å². The van der Waals surface area contributed by atoms with Gasteiger partial charge in [0.05, 0.1) is 12.1 Å². The fraction of sp³-hybridized carbons (Fsp3) is 0.150. The molecule has 0 unspecified atom stereocenters. The number of aromatic nitrogens is 2. The van der Waals surface area contributed by atoms with Crippen molar-refractivity contribution in [2.75, 3.05) is 17.2 Å². The maximum Gasteiger partial charge on any atom is 0.231 e. The number of nitrogens with one attached hydrogen (secondary N) is 2. The number of rotatable bonds is 4. The Morgan fingerprint density at radius 3 is 2.88 bits per heavy atom. The summed E-state index contributed by atoms with van der Waals surface area (Å²) in [6.45, 7) is 0.976. The largest absolute Gasteiger partial charge is 0.384 e. The zero-order chi connectivity index (χ0) is 17.1. The molecule has 1 aromatic heterocycles. The van der Waals surface area contributed by atoms with Gasteiger partial charge in [-0.05, 0) is 35.7 Å². The van der Waals surface area contributed by atoms with Gasteiger partial charge in [0.15, 0.2) is 0 Å². The summed E-state index contributed by atoms with van der Waals surface area (Å²) in [6, 6.07) is 17.7. The summed E-state index contributed by atoms with van der Waals surface area (Å²) in [5.74, 6) is 0.207. The monoisotopic (exact) mass is 330 g/mol. The molecule has 0 radical (unpaired) electrons. The van der Waals surface area contributed by atoms with E-state index in [1.807, 2.05) is 42.5 Å². The van der Waals surface area contributed by atoms with Crippen LogP contribution in [0.5, 0.6) is 0 Å². The van der Waals surface area contributed by atoms with Gasteiger partial charge in [-0.15, -0.1) is 0 Å². The molecule has 124 valence electrons. The number of fused-ring (bicyclic) bond motifs is 1. The molecule has 0 bridgehead atoms. The van der Waals surface area contributed by atoms with Crippen molar-refractivity contribution < 1.29 is 4.79 Å². The summed E-state index contributed by atoms with van der Waals surface area (Å²) in [4.78, 5) is 20.8. The Morgan fingerprint density at radius 1 is 1.12 bits per heavy atom. The average Bonchev–Trinajstić information content (AvgIpc) is 3.10. The smallest absolute Gasteiger partial charge is 0.231 e. The first-order chi connectivity index (χ1) is 12.3. The van der Waals surface area contributed by atoms with E-state index in [1.54, 1.807) is 6.20 Å². The zero-order valence-corrected chi connectivity index (χ0v) is 13.7. The third kappa shape index (κ3) is 3.50. The molecule has 5 nitrogen and oxygen atoms in total. The van der Waals surface area contributed by atoms with Crippen molar-refractivity contribution in [1.82, 2.24) is 9.97 Å². The quantitative estimate of drug-likeness (QED) is 0.770. The Kier molecular flexibility index (Phi) is 4.12. The van der Waals surface area contributed by atoms with Gasteiger partial charge in [-0.2, -0.15) is 0 Å². The highest BCUT2D eigenvalue weighted by Gasteiger charge is 2.12. The summed E-state index contributed by atoms with van der Waals surface area (Å²) in [5, 5.41) is 6.13. The Bertz CT molecular complexity index is 909. The molecular formula is C20H18N4O. The molecule has 4 rings (SSSR count). The Morgan fingerprint density at radius 2 is 2.00 bits per heavy atom. The molecule has 0 atom stereocenters. The summed E-state index contributed by atoms with van der Waals surface area (Å²) >= 11 is 0. The second-order valence-electron chi connectivity index (χ2n) is 6.02. The molecule has 0 fully saturated rings. The van der Waals surface area contributed by atoms with Crippen LogP contribution in [0.4, 0.5) is 11.6 Å². The van der Waals surface area contributed by atoms with Crippen LogP contribution >= 0.6 is 0 Å². The van der Waals surface area contributed by atoms with E-state index < -0.39 is 0 Å². The highest BCUT2D eigenvalue weighted by atomic mass is 16.1. The molecule has 2 aromatic carbocycles. The van der Waals surface area contributed by atoms with Crippen LogP contribution in [0, 0.1) is 0 Å². The summed E-state index contributed by atoms with van der Waals surface area (Å²) in [5.41, 5.74) is 5.28. The number of hydrogen-bond donors (Lipinski definition) is 2. The predicted molar refractivity (Wildman–Crippen MR) is 98.4 cm³/mol. The lowest BCUT2D eigenvalue weighted by Crippen LogP contribution is -2.16. The highest BCUT2D eigenvalue weighted by Crippen LogP contribution is 2.27. The number of anilines is 2. The van der Waals surface area contributed by atoms with Gasteiger partial charge in [-0.25, -0.2) is 9.97 Å². The first-order valence-corrected chi connectivity index (χ1v) is 8.32. The van der Waals surface area contributed by atoms with Crippen LogP contribution in [0.1, 0.15) is 11.1 Å². The van der Waals surface area contributed by atoms with Crippen LogP contribution < -0.4 is 10.6 Å². The fourth-order valence-electron chi connectivity index (χ4n) is 2.99. The van der Waals surface area contributed by atoms with Crippen molar-refractivity contribution in [2.45, 2.75) is 12.8 Å². The summed E-state index contributed by atoms with van der Waals surface area (Å²) in [7, 11) is 0. The van der Waals surface area contributed by atoms with E-state index in [1.165, 1.54) is 11.3 Å². The van der Waals surface area contributed by atoms with Crippen LogP contribution in [0.2, 0.25) is 0 Å². The second-order valence-corrected chi connectivity index (χ2v) is 6.02. The number of benzene rings is 2. The van der Waals surface area contributed by atoms with Gasteiger partial charge < -0.3 is 5.32 Å². The third-order valence-electron chi connectivity index (χ3n) is 4.23. The summed E-state index contributed by atoms with van der Waals surface area (Å²) in [6.07, 6.45) is 3.00. The second kappa shape index (κ2) is 6.73. The molecule has 1 aliphatic heterocycles. The maximum absolute atomic E-state index is 12.2. The van der Waals surface area contributed by atoms with Gasteiger partial charge in [0.25, 0.3) is 0 Å². The van der Waals surface area contributed by atoms with Gasteiger partial charge in [0.1, 0.15) is 0 Å². The highest BCUT2D eigenvalue weighted by molar-refractivity contribution is 5.90. The predicted octanol–water partition coefficient (Wildman–Crippen LogP) is 3.29. The van der Waals surface area contributed by atoms with Gasteiger partial charge in [-0.1, -0.05) is 36.4 Å². The normalized spacial score (nSPS) is 12.3. The molecule has 2 N–H and O–H groups in total. The molecule has 0 saturated heterocycles. The van der Waals surface area contributed by atoms with Crippen molar-refractivity contribution in [3.8, 4) is 11.3 Å². The zero-order valence-electron chi connectivity index (χ0n) is 13.7. The van der Waals surface area contributed by atoms with Crippen molar-refractivity contribution in [1.29, 1.82) is 0 Å². The molecular weight excluding hydrogens is 312 g/mol. The lowest BCUT2D eigenvalue weighted by molar-refractivity contribution is -0.115. The fourth-order valence-corrected chi connectivity index (χ4v) is 2.99. The minimum absolute atomic E-state index is 0.124. The SMILES string of the molecule is O=C(Cc1ccccc1)Nc1nccc(-c2ccc3c(c2)CCN3)n1. The van der Waals surface area contributed by atoms with Crippen LogP contribution in [-0.4, -0.2) is 22.4 Å². The molecule has 0 spiro atoms. The van der Waals surface area contributed by atoms with Crippen molar-refractivity contribution in [3.05, 3.63) is 71.9 Å². The number of carbonyl (C=O) groups excluding carboxylic acids is 1. The van der Waals surface area contributed by atoms with Crippen LogP contribution in [0.15, 0.2) is 60.8 Å². The van der Waals surface area contributed by atoms with E-state index in [4.69, 9.17) is 0 Å². The van der Waals surface area contributed by atoms with Gasteiger partial charge >= 0.3 is 0 Å². The Balaban J connectivity index is 1.50. The van der Waals surface area contributed by atoms with Gasteiger partial charge in [0, 0.05) is 24.0 Å². The van der Waals surface area contributed by atoms with E-state index in [9.17, 15) is 4.79 Å². The Hall–Kier alpha value is -3.21. The number of hydrogen-bond acceptors (Lipinski definition) is 4. The maximum atomic E-state index is 12.2. The van der Waals surface area contributed by atoms with Crippen LogP contribution in [0.25, 0.3) is 11.3 Å². The van der Waals surface area contributed by atoms with Gasteiger partial charge in [-0.3, -0.25) is 10.1 Å². The Labute approximate surface area is 146 Å². The van der Waals surface area contributed by atoms with E-state index in [2.05, 4.69) is 32.7 Å². The molecule has 1 amide bonds. The van der Waals surface area contributed by atoms with Crippen molar-refractivity contribution >= 4 is 17.5 Å². The molecule has 0 saturated carbocycles. The number of nitrogens with zero attached hydrogens (tertiary/aromatic N) is 2. The molecule has 1 aliphatic rings. The lowest BCUT2D eigenvalue weighted by atomic mass is 10.1. The van der Waals surface area contributed by atoms with Crippen LogP contribution in [0.3, 0.4) is 0 Å². The summed E-state index contributed by atoms with van der Waals surface area (Å²) < 4.78 is 0. The number of amides is 1. The van der Waals surface area contributed by atoms with Crippen molar-refractivity contribution in [3.63, 3.8) is 0 Å². The molecule has 2 heterocycles. The molecule has 25 heavy (non-hydrogen) atoms. The average molecular weight is 330 g/mol.